The maximum atomic E-state index is 14.4. The van der Waals surface area contributed by atoms with E-state index in [0.29, 0.717) is 24.3 Å². The van der Waals surface area contributed by atoms with E-state index in [1.54, 1.807) is 15.9 Å². The second-order valence-corrected chi connectivity index (χ2v) is 9.00. The van der Waals surface area contributed by atoms with Crippen LogP contribution >= 0.6 is 0 Å². The molecule has 0 saturated carbocycles. The normalized spacial score (nSPS) is 18.4. The van der Waals surface area contributed by atoms with Gasteiger partial charge < -0.3 is 10.2 Å². The monoisotopic (exact) mass is 471 g/mol. The number of carbonyl (C=O) groups is 2. The summed E-state index contributed by atoms with van der Waals surface area (Å²) in [6.45, 7) is 0.692. The van der Waals surface area contributed by atoms with E-state index in [1.165, 1.54) is 0 Å². The highest BCUT2D eigenvalue weighted by molar-refractivity contribution is 6.15. The molecule has 2 aliphatic heterocycles. The fraction of sp³-hybridized carbons (Fsp3) is 0.0968. The number of hydrogen-bond acceptors (Lipinski definition) is 3. The van der Waals surface area contributed by atoms with Crippen LogP contribution < -0.4 is 10.2 Å². The Balaban J connectivity index is 1.46. The van der Waals surface area contributed by atoms with Crippen molar-refractivity contribution in [3.63, 3.8) is 0 Å². The van der Waals surface area contributed by atoms with Crippen molar-refractivity contribution in [2.45, 2.75) is 12.2 Å². The van der Waals surface area contributed by atoms with Crippen molar-refractivity contribution >= 4 is 29.3 Å². The van der Waals surface area contributed by atoms with Gasteiger partial charge in [0.2, 0.25) is 5.66 Å². The molecule has 1 unspecified atom stereocenters. The summed E-state index contributed by atoms with van der Waals surface area (Å²) in [6.07, 6.45) is 4.00. The van der Waals surface area contributed by atoms with E-state index in [0.717, 1.165) is 22.4 Å². The molecule has 0 aromatic heterocycles. The fourth-order valence-electron chi connectivity index (χ4n) is 5.15. The van der Waals surface area contributed by atoms with Crippen LogP contribution in [0.5, 0.6) is 0 Å². The molecule has 2 amide bonds. The van der Waals surface area contributed by atoms with Crippen LogP contribution in [0.1, 0.15) is 27.0 Å². The predicted octanol–water partition coefficient (Wildman–Crippen LogP) is 5.67. The molecule has 36 heavy (non-hydrogen) atoms. The SMILES string of the molecule is O=C1c2ccccc2NC2(C(=O)N(C/C=C/c3ccccc3)c3ccccc32)N1Cc1ccccc1. The lowest BCUT2D eigenvalue weighted by Crippen LogP contribution is -2.62. The fourth-order valence-corrected chi connectivity index (χ4v) is 5.15. The number of anilines is 2. The van der Waals surface area contributed by atoms with Gasteiger partial charge in [0.25, 0.3) is 11.8 Å². The van der Waals surface area contributed by atoms with E-state index in [4.69, 9.17) is 0 Å². The van der Waals surface area contributed by atoms with Gasteiger partial charge in [-0.15, -0.1) is 0 Å². The van der Waals surface area contributed by atoms with Crippen molar-refractivity contribution in [2.75, 3.05) is 16.8 Å². The maximum absolute atomic E-state index is 14.4. The first kappa shape index (κ1) is 21.9. The summed E-state index contributed by atoms with van der Waals surface area (Å²) in [5, 5.41) is 3.51. The minimum absolute atomic E-state index is 0.166. The third kappa shape index (κ3) is 3.48. The lowest BCUT2D eigenvalue weighted by atomic mass is 9.92. The molecule has 176 valence electrons. The standard InChI is InChI=1S/C31H25N3O2/c35-29-25-17-7-9-19-27(25)32-31(34(29)22-24-14-5-2-6-15-24)26-18-8-10-20-28(26)33(30(31)36)21-11-16-23-12-3-1-4-13-23/h1-20,32H,21-22H2/b16-11+. The van der Waals surface area contributed by atoms with Gasteiger partial charge in [-0.25, -0.2) is 0 Å². The van der Waals surface area contributed by atoms with Gasteiger partial charge in [-0.1, -0.05) is 103 Å². The lowest BCUT2D eigenvalue weighted by molar-refractivity contribution is -0.127. The van der Waals surface area contributed by atoms with Gasteiger partial charge >= 0.3 is 0 Å². The van der Waals surface area contributed by atoms with Crippen LogP contribution in [0.3, 0.4) is 0 Å². The van der Waals surface area contributed by atoms with Gasteiger partial charge in [0.1, 0.15) is 0 Å². The molecule has 4 aromatic rings. The van der Waals surface area contributed by atoms with E-state index in [1.807, 2.05) is 115 Å². The van der Waals surface area contributed by atoms with Crippen molar-refractivity contribution in [3.8, 4) is 0 Å². The number of rotatable bonds is 5. The molecule has 4 aromatic carbocycles. The van der Waals surface area contributed by atoms with Gasteiger partial charge in [-0.2, -0.15) is 0 Å². The molecule has 2 heterocycles. The van der Waals surface area contributed by atoms with Crippen molar-refractivity contribution in [1.82, 2.24) is 4.90 Å². The molecular formula is C31H25N3O2. The highest BCUT2D eigenvalue weighted by atomic mass is 16.2. The number of hydrogen-bond donors (Lipinski definition) is 1. The Labute approximate surface area is 210 Å². The Kier molecular flexibility index (Phi) is 5.38. The first-order valence-corrected chi connectivity index (χ1v) is 12.0. The van der Waals surface area contributed by atoms with E-state index in [2.05, 4.69) is 5.32 Å². The molecule has 5 nitrogen and oxygen atoms in total. The van der Waals surface area contributed by atoms with Crippen molar-refractivity contribution < 1.29 is 9.59 Å². The van der Waals surface area contributed by atoms with E-state index >= 15 is 0 Å². The second kappa shape index (κ2) is 8.86. The molecule has 0 aliphatic carbocycles. The average Bonchev–Trinajstić information content (AvgIpc) is 3.15. The first-order valence-electron chi connectivity index (χ1n) is 12.0. The van der Waals surface area contributed by atoms with Crippen LogP contribution in [-0.2, 0) is 17.0 Å². The Morgan fingerprint density at radius 2 is 1.42 bits per heavy atom. The highest BCUT2D eigenvalue weighted by Crippen LogP contribution is 2.48. The third-order valence-electron chi connectivity index (χ3n) is 6.84. The number of nitrogens with zero attached hydrogens (tertiary/aromatic N) is 2. The molecule has 0 bridgehead atoms. The Hall–Kier alpha value is -4.64. The van der Waals surface area contributed by atoms with E-state index in [9.17, 15) is 9.59 Å². The van der Waals surface area contributed by atoms with Gasteiger partial charge in [-0.05, 0) is 29.3 Å². The zero-order chi connectivity index (χ0) is 24.5. The Morgan fingerprint density at radius 1 is 0.750 bits per heavy atom. The second-order valence-electron chi connectivity index (χ2n) is 9.00. The summed E-state index contributed by atoms with van der Waals surface area (Å²) < 4.78 is 0. The van der Waals surface area contributed by atoms with Crippen LogP contribution in [0.4, 0.5) is 11.4 Å². The smallest absolute Gasteiger partial charge is 0.279 e. The zero-order valence-electron chi connectivity index (χ0n) is 19.7. The van der Waals surface area contributed by atoms with Gasteiger partial charge in [0.15, 0.2) is 0 Å². The third-order valence-corrected chi connectivity index (χ3v) is 6.84. The summed E-state index contributed by atoms with van der Waals surface area (Å²) in [6, 6.07) is 34.9. The van der Waals surface area contributed by atoms with Crippen molar-refractivity contribution in [1.29, 1.82) is 0 Å². The lowest BCUT2D eigenvalue weighted by Gasteiger charge is -2.45. The summed E-state index contributed by atoms with van der Waals surface area (Å²) >= 11 is 0. The van der Waals surface area contributed by atoms with E-state index in [-0.39, 0.29) is 11.8 Å². The van der Waals surface area contributed by atoms with Gasteiger partial charge in [0.05, 0.1) is 11.3 Å². The van der Waals surface area contributed by atoms with Crippen molar-refractivity contribution in [3.05, 3.63) is 138 Å². The molecule has 1 N–H and O–H groups in total. The minimum Gasteiger partial charge on any atom is -0.350 e. The molecule has 2 aliphatic rings. The molecule has 5 heteroatoms. The topological polar surface area (TPSA) is 52.7 Å². The number of benzene rings is 4. The first-order chi connectivity index (χ1) is 17.7. The van der Waals surface area contributed by atoms with Gasteiger partial charge in [-0.3, -0.25) is 14.5 Å². The van der Waals surface area contributed by atoms with Gasteiger partial charge in [0, 0.05) is 24.3 Å². The number of nitrogens with one attached hydrogen (secondary N) is 1. The molecule has 1 spiro atoms. The maximum Gasteiger partial charge on any atom is 0.279 e. The van der Waals surface area contributed by atoms with Crippen LogP contribution in [0.2, 0.25) is 0 Å². The highest BCUT2D eigenvalue weighted by Gasteiger charge is 2.58. The summed E-state index contributed by atoms with van der Waals surface area (Å²) in [5.74, 6) is -0.335. The summed E-state index contributed by atoms with van der Waals surface area (Å²) in [4.78, 5) is 31.8. The summed E-state index contributed by atoms with van der Waals surface area (Å²) in [5.41, 5.74) is 3.50. The number of fused-ring (bicyclic) bond motifs is 3. The van der Waals surface area contributed by atoms with Crippen LogP contribution in [0.15, 0.2) is 115 Å². The average molecular weight is 472 g/mol. The molecule has 0 fully saturated rings. The summed E-state index contributed by atoms with van der Waals surface area (Å²) in [7, 11) is 0. The van der Waals surface area contributed by atoms with E-state index < -0.39 is 5.66 Å². The van der Waals surface area contributed by atoms with Crippen LogP contribution in [0, 0.1) is 0 Å². The quantitative estimate of drug-likeness (QED) is 0.408. The zero-order valence-corrected chi connectivity index (χ0v) is 19.7. The molecule has 1 atom stereocenters. The molecular weight excluding hydrogens is 446 g/mol. The molecule has 6 rings (SSSR count). The van der Waals surface area contributed by atoms with Crippen LogP contribution in [-0.4, -0.2) is 23.3 Å². The number of carbonyl (C=O) groups excluding carboxylic acids is 2. The van der Waals surface area contributed by atoms with Crippen molar-refractivity contribution in [2.24, 2.45) is 0 Å². The Bertz CT molecular complexity index is 1470. The largest absolute Gasteiger partial charge is 0.350 e. The molecule has 0 radical (unpaired) electrons. The predicted molar refractivity (Wildman–Crippen MR) is 142 cm³/mol. The minimum atomic E-state index is -1.33. The Morgan fingerprint density at radius 3 is 2.22 bits per heavy atom. The van der Waals surface area contributed by atoms with Crippen LogP contribution in [0.25, 0.3) is 6.08 Å². The number of amides is 2. The molecule has 0 saturated heterocycles. The number of para-hydroxylation sites is 2.